The second kappa shape index (κ2) is 13.6. The van der Waals surface area contributed by atoms with Crippen molar-refractivity contribution in [3.05, 3.63) is 45.0 Å². The molecule has 224 valence electrons. The molecule has 2 saturated heterocycles. The van der Waals surface area contributed by atoms with Gasteiger partial charge in [0, 0.05) is 28.5 Å². The number of ether oxygens (including phenoxy) is 4. The molecule has 4 rings (SSSR count). The van der Waals surface area contributed by atoms with Crippen molar-refractivity contribution in [2.24, 2.45) is 0 Å². The Balaban J connectivity index is 1.40. The van der Waals surface area contributed by atoms with Crippen LogP contribution in [0.2, 0.25) is 0 Å². The highest BCUT2D eigenvalue weighted by Crippen LogP contribution is 2.33. The zero-order valence-electron chi connectivity index (χ0n) is 23.5. The predicted molar refractivity (Wildman–Crippen MR) is 155 cm³/mol. The van der Waals surface area contributed by atoms with Crippen molar-refractivity contribution in [1.29, 1.82) is 0 Å². The molecule has 3 aliphatic rings. The third-order valence-electron chi connectivity index (χ3n) is 7.12. The van der Waals surface area contributed by atoms with Gasteiger partial charge >= 0.3 is 11.9 Å². The summed E-state index contributed by atoms with van der Waals surface area (Å²) >= 11 is 2.07. The van der Waals surface area contributed by atoms with Crippen LogP contribution in [0.3, 0.4) is 0 Å². The summed E-state index contributed by atoms with van der Waals surface area (Å²) in [4.78, 5) is 53.4. The van der Waals surface area contributed by atoms with Gasteiger partial charge in [-0.15, -0.1) is 0 Å². The van der Waals surface area contributed by atoms with Crippen LogP contribution < -0.4 is 5.32 Å². The molecule has 1 aromatic carbocycles. The van der Waals surface area contributed by atoms with Gasteiger partial charge in [0.1, 0.15) is 36.7 Å². The summed E-state index contributed by atoms with van der Waals surface area (Å²) in [5.41, 5.74) is 0.189. The van der Waals surface area contributed by atoms with Crippen LogP contribution in [0.15, 0.2) is 35.9 Å². The quantitative estimate of drug-likeness (QED) is 0.297. The summed E-state index contributed by atoms with van der Waals surface area (Å²) in [7, 11) is 0. The van der Waals surface area contributed by atoms with Gasteiger partial charge < -0.3 is 34.3 Å². The Hall–Kier alpha value is -2.55. The second-order valence-corrected chi connectivity index (χ2v) is 12.5. The van der Waals surface area contributed by atoms with Gasteiger partial charge in [-0.1, -0.05) is 12.1 Å². The summed E-state index contributed by atoms with van der Waals surface area (Å²) in [5, 5.41) is 12.6. The highest BCUT2D eigenvalue weighted by molar-refractivity contribution is 14.1. The van der Waals surface area contributed by atoms with Crippen LogP contribution in [0.4, 0.5) is 0 Å². The fraction of sp³-hybridized carbons (Fsp3) is 0.586. The molecule has 1 aromatic rings. The smallest absolute Gasteiger partial charge is 0.339 e. The lowest BCUT2D eigenvalue weighted by molar-refractivity contribution is -0.155. The van der Waals surface area contributed by atoms with Crippen molar-refractivity contribution in [1.82, 2.24) is 10.2 Å². The van der Waals surface area contributed by atoms with E-state index in [2.05, 4.69) is 27.9 Å². The molecule has 5 unspecified atom stereocenters. The summed E-state index contributed by atoms with van der Waals surface area (Å²) < 4.78 is 23.2. The number of nitrogens with zero attached hydrogens (tertiary/aromatic N) is 1. The van der Waals surface area contributed by atoms with E-state index in [0.717, 1.165) is 3.57 Å². The Morgan fingerprint density at radius 2 is 1.95 bits per heavy atom. The highest BCUT2D eigenvalue weighted by Gasteiger charge is 2.45. The topological polar surface area (TPSA) is 141 Å². The van der Waals surface area contributed by atoms with Crippen molar-refractivity contribution in [3.8, 4) is 0 Å². The first-order valence-corrected chi connectivity index (χ1v) is 14.9. The molecular formula is C29H37IN2O9. The number of hydrogen-bond donors (Lipinski definition) is 2. The number of fused-ring (bicyclic) bond motifs is 1. The van der Waals surface area contributed by atoms with Crippen LogP contribution >= 0.6 is 22.6 Å². The van der Waals surface area contributed by atoms with Crippen molar-refractivity contribution < 1.29 is 43.2 Å². The molecule has 11 nitrogen and oxygen atoms in total. The summed E-state index contributed by atoms with van der Waals surface area (Å²) in [6.07, 6.45) is 1.32. The van der Waals surface area contributed by atoms with Crippen LogP contribution in [0.5, 0.6) is 0 Å². The van der Waals surface area contributed by atoms with Crippen molar-refractivity contribution in [2.45, 2.75) is 88.9 Å². The molecular weight excluding hydrogens is 647 g/mol. The van der Waals surface area contributed by atoms with Gasteiger partial charge in [-0.3, -0.25) is 14.4 Å². The molecule has 0 spiro atoms. The third-order valence-corrected chi connectivity index (χ3v) is 8.07. The molecule has 12 heteroatoms. The molecule has 0 aromatic heterocycles. The zero-order valence-corrected chi connectivity index (χ0v) is 25.6. The number of nitrogens with one attached hydrogen (secondary N) is 1. The Labute approximate surface area is 253 Å². The van der Waals surface area contributed by atoms with E-state index in [9.17, 15) is 24.3 Å². The van der Waals surface area contributed by atoms with Gasteiger partial charge in [0.2, 0.25) is 11.8 Å². The van der Waals surface area contributed by atoms with Crippen LogP contribution in [0, 0.1) is 3.57 Å². The largest absolute Gasteiger partial charge is 0.460 e. The summed E-state index contributed by atoms with van der Waals surface area (Å²) in [6, 6.07) is 5.68. The molecule has 0 saturated carbocycles. The minimum atomic E-state index is -0.739. The molecule has 41 heavy (non-hydrogen) atoms. The molecule has 2 N–H and O–H groups in total. The molecule has 0 radical (unpaired) electrons. The van der Waals surface area contributed by atoms with Crippen LogP contribution in [0.25, 0.3) is 0 Å². The molecule has 5 atom stereocenters. The number of amides is 2. The maximum Gasteiger partial charge on any atom is 0.339 e. The van der Waals surface area contributed by atoms with Crippen LogP contribution in [0.1, 0.15) is 63.2 Å². The van der Waals surface area contributed by atoms with Gasteiger partial charge in [0.05, 0.1) is 18.2 Å². The summed E-state index contributed by atoms with van der Waals surface area (Å²) in [5.74, 6) is -1.65. The SMILES string of the molecule is CC(C)(C)OC(=O)CCC(CO)NC(=O)C1CCCN1C(=O)C1=CC2OCOC2C(OC(=O)c2ccccc2I)C1. The van der Waals surface area contributed by atoms with E-state index in [4.69, 9.17) is 18.9 Å². The Bertz CT molecular complexity index is 1180. The maximum absolute atomic E-state index is 13.7. The van der Waals surface area contributed by atoms with Crippen LogP contribution in [-0.4, -0.2) is 89.7 Å². The van der Waals surface area contributed by atoms with E-state index >= 15 is 0 Å². The number of carbonyl (C=O) groups excluding carboxylic acids is 4. The number of halogens is 1. The first-order valence-electron chi connectivity index (χ1n) is 13.8. The van der Waals surface area contributed by atoms with Gasteiger partial charge in [-0.05, 0) is 80.8 Å². The number of esters is 2. The second-order valence-electron chi connectivity index (χ2n) is 11.4. The Morgan fingerprint density at radius 3 is 2.66 bits per heavy atom. The molecule has 0 bridgehead atoms. The average Bonchev–Trinajstić information content (AvgIpc) is 3.60. The lowest BCUT2D eigenvalue weighted by Gasteiger charge is -2.33. The number of rotatable bonds is 9. The van der Waals surface area contributed by atoms with Gasteiger partial charge in [-0.2, -0.15) is 0 Å². The fourth-order valence-corrected chi connectivity index (χ4v) is 5.81. The van der Waals surface area contributed by atoms with Gasteiger partial charge in [-0.25, -0.2) is 4.79 Å². The fourth-order valence-electron chi connectivity index (χ4n) is 5.20. The van der Waals surface area contributed by atoms with E-state index in [0.29, 0.717) is 30.5 Å². The number of benzene rings is 1. The van der Waals surface area contributed by atoms with Crippen LogP contribution in [-0.2, 0) is 33.3 Å². The zero-order chi connectivity index (χ0) is 29.7. The maximum atomic E-state index is 13.7. The van der Waals surface area contributed by atoms with Gasteiger partial charge in [0.15, 0.2) is 0 Å². The third kappa shape index (κ3) is 8.05. The predicted octanol–water partition coefficient (Wildman–Crippen LogP) is 2.48. The van der Waals surface area contributed by atoms with Crippen molar-refractivity contribution >= 4 is 46.3 Å². The number of aliphatic hydroxyl groups excluding tert-OH is 1. The molecule has 2 fully saturated rings. The monoisotopic (exact) mass is 684 g/mol. The molecule has 2 amide bonds. The highest BCUT2D eigenvalue weighted by atomic mass is 127. The van der Waals surface area contributed by atoms with Gasteiger partial charge in [0.25, 0.3) is 0 Å². The first kappa shape index (κ1) is 31.4. The standard InChI is InChI=1S/C29H37IN2O9/c1-29(2,3)41-24(34)11-10-18(15-33)31-26(35)21-9-6-12-32(21)27(36)17-13-22-25(39-16-38-22)23(14-17)40-28(37)19-7-4-5-8-20(19)30/h4-5,7-8,13,18,21-23,25,33H,6,9-12,14-16H2,1-3H3,(H,31,35). The van der Waals surface area contributed by atoms with E-state index in [1.807, 2.05) is 12.1 Å². The minimum Gasteiger partial charge on any atom is -0.460 e. The van der Waals surface area contributed by atoms with E-state index in [1.54, 1.807) is 39.0 Å². The minimum absolute atomic E-state index is 0.0187. The van der Waals surface area contributed by atoms with Crippen molar-refractivity contribution in [3.63, 3.8) is 0 Å². The first-order chi connectivity index (χ1) is 19.5. The average molecular weight is 685 g/mol. The Morgan fingerprint density at radius 1 is 1.20 bits per heavy atom. The number of aliphatic hydroxyl groups is 1. The van der Waals surface area contributed by atoms with Crippen molar-refractivity contribution in [2.75, 3.05) is 19.9 Å². The molecule has 2 aliphatic heterocycles. The lowest BCUT2D eigenvalue weighted by atomic mass is 9.91. The normalized spacial score (nSPS) is 24.7. The molecule has 1 aliphatic carbocycles. The van der Waals surface area contributed by atoms with E-state index < -0.39 is 53.8 Å². The number of hydrogen-bond acceptors (Lipinski definition) is 9. The summed E-state index contributed by atoms with van der Waals surface area (Å²) in [6.45, 7) is 5.36. The van der Waals surface area contributed by atoms with E-state index in [-0.39, 0.29) is 38.6 Å². The Kier molecular flexibility index (Phi) is 10.4. The number of carbonyl (C=O) groups is 4. The number of likely N-dealkylation sites (tertiary alicyclic amines) is 1. The molecule has 2 heterocycles. The van der Waals surface area contributed by atoms with E-state index in [1.165, 1.54) is 4.90 Å². The lowest BCUT2D eigenvalue weighted by Crippen LogP contribution is -2.51.